The van der Waals surface area contributed by atoms with Gasteiger partial charge in [-0.3, -0.25) is 9.55 Å². The predicted molar refractivity (Wildman–Crippen MR) is 275 cm³/mol. The molecule has 0 saturated heterocycles. The van der Waals surface area contributed by atoms with Gasteiger partial charge in [-0.05, 0) is 91.3 Å². The van der Waals surface area contributed by atoms with E-state index in [0.717, 1.165) is 83.6 Å². The number of para-hydroxylation sites is 1. The summed E-state index contributed by atoms with van der Waals surface area (Å²) < 4.78 is 10.8. The van der Waals surface area contributed by atoms with Crippen LogP contribution in [0.4, 0.5) is 0 Å². The van der Waals surface area contributed by atoms with Crippen molar-refractivity contribution < 1.29 is 27.5 Å². The van der Waals surface area contributed by atoms with Crippen LogP contribution in [0.1, 0.15) is 132 Å². The summed E-state index contributed by atoms with van der Waals surface area (Å²) in [5.41, 5.74) is 15.9. The molecule has 342 valence electrons. The summed E-state index contributed by atoms with van der Waals surface area (Å²) in [5.74, 6) is 0.246. The number of hydrogen-bond donors (Lipinski definition) is 1. The van der Waals surface area contributed by atoms with Gasteiger partial charge in [-0.2, -0.15) is 0 Å². The molecule has 66 heavy (non-hydrogen) atoms. The SMILES string of the molecule is [2H]C(C)(C)c1ccc(-c2ccnc(-c3[c-]c(-c4cccc5c4nc(-c4cc(C(C)(C)C)cc(C(C)(C)C)c4O)n5-c4ccc(C(C)(C)C)cc4-c4ccccc4)cc(C(C)(C)C)c3)c2)cc1.[Pt]. The second-order valence-electron chi connectivity index (χ2n) is 22.2. The first-order valence-electron chi connectivity index (χ1n) is 23.5. The Morgan fingerprint density at radius 3 is 1.80 bits per heavy atom. The fourth-order valence-electron chi connectivity index (χ4n) is 8.64. The molecule has 0 fully saturated rings. The van der Waals surface area contributed by atoms with E-state index in [0.29, 0.717) is 11.4 Å². The van der Waals surface area contributed by atoms with Crippen molar-refractivity contribution in [2.24, 2.45) is 0 Å². The zero-order valence-corrected chi connectivity index (χ0v) is 43.6. The number of phenols is 1. The number of hydrogen-bond acceptors (Lipinski definition) is 3. The monoisotopic (exact) mass is 1050 g/mol. The number of rotatable bonds is 7. The van der Waals surface area contributed by atoms with Crippen LogP contribution in [0.3, 0.4) is 0 Å². The molecule has 0 spiro atoms. The molecule has 2 heterocycles. The van der Waals surface area contributed by atoms with Crippen molar-refractivity contribution in [3.8, 4) is 67.5 Å². The van der Waals surface area contributed by atoms with Crippen LogP contribution in [-0.4, -0.2) is 19.6 Å². The standard InChI is InChI=1S/C61H66N3O.Pt/c1-38(2)39-23-25-40(26-24-39)42-29-30-62-52(34-42)44-31-43(32-46(33-44)59(6,7)8)48-21-18-22-54-55(48)63-57(50-36-47(60(9,10)11)37-51(56(50)65)61(12,13)14)64(54)53-28-27-45(58(3,4)5)35-49(53)41-19-16-15-17-20-41;/h15-30,32-38,65H,1-14H3;/q-1;/i38D;. The number of phenolic OH excluding ortho intramolecular Hbond substituents is 1. The Morgan fingerprint density at radius 1 is 0.561 bits per heavy atom. The van der Waals surface area contributed by atoms with Gasteiger partial charge in [0, 0.05) is 45.5 Å². The van der Waals surface area contributed by atoms with Crippen LogP contribution < -0.4 is 0 Å². The van der Waals surface area contributed by atoms with E-state index in [-0.39, 0.29) is 48.5 Å². The summed E-state index contributed by atoms with van der Waals surface area (Å²) in [6.45, 7) is 30.5. The van der Waals surface area contributed by atoms with E-state index in [1.165, 1.54) is 5.56 Å². The van der Waals surface area contributed by atoms with E-state index in [1.54, 1.807) is 0 Å². The molecule has 2 aromatic heterocycles. The number of aromatic hydroxyl groups is 1. The van der Waals surface area contributed by atoms with Crippen molar-refractivity contribution in [2.75, 3.05) is 0 Å². The molecular formula is C61H66N3OPt-. The topological polar surface area (TPSA) is 50.9 Å². The van der Waals surface area contributed by atoms with Gasteiger partial charge in [0.05, 0.1) is 22.3 Å². The first-order valence-corrected chi connectivity index (χ1v) is 23.0. The summed E-state index contributed by atoms with van der Waals surface area (Å²) in [7, 11) is 0. The van der Waals surface area contributed by atoms with Crippen molar-refractivity contribution in [3.05, 3.63) is 167 Å². The van der Waals surface area contributed by atoms with Crippen molar-refractivity contribution in [3.63, 3.8) is 0 Å². The minimum atomic E-state index is -0.673. The third kappa shape index (κ3) is 9.63. The maximum atomic E-state index is 12.6. The molecule has 0 bridgehead atoms. The van der Waals surface area contributed by atoms with Gasteiger partial charge < -0.3 is 5.11 Å². The quantitative estimate of drug-likeness (QED) is 0.162. The van der Waals surface area contributed by atoms with Crippen molar-refractivity contribution in [1.29, 1.82) is 0 Å². The smallest absolute Gasteiger partial charge is 0.148 e. The zero-order chi connectivity index (χ0) is 47.7. The maximum absolute atomic E-state index is 12.6. The molecule has 8 aromatic rings. The molecule has 4 nitrogen and oxygen atoms in total. The largest absolute Gasteiger partial charge is 0.507 e. The van der Waals surface area contributed by atoms with Gasteiger partial charge in [0.2, 0.25) is 0 Å². The Bertz CT molecular complexity index is 3090. The van der Waals surface area contributed by atoms with Gasteiger partial charge in [-0.15, -0.1) is 29.3 Å². The molecule has 0 unspecified atom stereocenters. The summed E-state index contributed by atoms with van der Waals surface area (Å²) in [4.78, 5) is 10.6. The fraction of sp³-hybridized carbons (Fsp3) is 0.311. The molecule has 1 N–H and O–H groups in total. The Kier molecular flexibility index (Phi) is 12.7. The number of nitrogens with zero attached hydrogens (tertiary/aromatic N) is 3. The number of imidazole rings is 1. The minimum Gasteiger partial charge on any atom is -0.507 e. The average Bonchev–Trinajstić information content (AvgIpc) is 3.64. The zero-order valence-electron chi connectivity index (χ0n) is 42.3. The van der Waals surface area contributed by atoms with E-state index < -0.39 is 5.89 Å². The molecule has 6 aromatic carbocycles. The van der Waals surface area contributed by atoms with Gasteiger partial charge in [0.15, 0.2) is 0 Å². The summed E-state index contributed by atoms with van der Waals surface area (Å²) in [6, 6.07) is 49.0. The molecule has 5 heteroatoms. The number of aromatic nitrogens is 3. The number of pyridine rings is 1. The minimum absolute atomic E-state index is 0. The molecule has 0 amide bonds. The van der Waals surface area contributed by atoms with Crippen molar-refractivity contribution in [2.45, 2.75) is 124 Å². The number of benzene rings is 6. The molecule has 0 aliphatic rings. The van der Waals surface area contributed by atoms with Crippen LogP contribution >= 0.6 is 0 Å². The molecular weight excluding hydrogens is 986 g/mol. The normalized spacial score (nSPS) is 12.8. The van der Waals surface area contributed by atoms with E-state index in [1.807, 2.05) is 38.2 Å². The van der Waals surface area contributed by atoms with Crippen LogP contribution in [-0.2, 0) is 42.7 Å². The van der Waals surface area contributed by atoms with Crippen molar-refractivity contribution in [1.82, 2.24) is 14.5 Å². The van der Waals surface area contributed by atoms with Gasteiger partial charge in [-0.25, -0.2) is 4.98 Å². The Balaban J connectivity index is 0.00000666. The third-order valence-electron chi connectivity index (χ3n) is 12.8. The van der Waals surface area contributed by atoms with E-state index in [4.69, 9.17) is 11.3 Å². The summed E-state index contributed by atoms with van der Waals surface area (Å²) in [5, 5.41) is 12.6. The summed E-state index contributed by atoms with van der Waals surface area (Å²) >= 11 is 0. The fourth-order valence-corrected chi connectivity index (χ4v) is 8.64. The van der Waals surface area contributed by atoms with Gasteiger partial charge in [-0.1, -0.05) is 193 Å². The van der Waals surface area contributed by atoms with Gasteiger partial charge >= 0.3 is 0 Å². The van der Waals surface area contributed by atoms with Crippen LogP contribution in [0, 0.1) is 6.07 Å². The molecule has 0 aliphatic carbocycles. The molecule has 0 saturated carbocycles. The molecule has 8 rings (SSSR count). The second kappa shape index (κ2) is 17.9. The molecule has 0 atom stereocenters. The van der Waals surface area contributed by atoms with E-state index in [9.17, 15) is 5.11 Å². The Morgan fingerprint density at radius 2 is 1.18 bits per heavy atom. The number of fused-ring (bicyclic) bond motifs is 1. The van der Waals surface area contributed by atoms with E-state index in [2.05, 4.69) is 203 Å². The van der Waals surface area contributed by atoms with Crippen LogP contribution in [0.25, 0.3) is 72.7 Å². The first-order chi connectivity index (χ1) is 30.8. The first kappa shape index (κ1) is 46.9. The van der Waals surface area contributed by atoms with Crippen molar-refractivity contribution >= 4 is 11.0 Å². The summed E-state index contributed by atoms with van der Waals surface area (Å²) in [6.07, 6.45) is 1.87. The molecule has 0 radical (unpaired) electrons. The Labute approximate surface area is 410 Å². The van der Waals surface area contributed by atoms with Crippen LogP contribution in [0.15, 0.2) is 134 Å². The van der Waals surface area contributed by atoms with Gasteiger partial charge in [0.25, 0.3) is 0 Å². The van der Waals surface area contributed by atoms with E-state index >= 15 is 0 Å². The van der Waals surface area contributed by atoms with Crippen LogP contribution in [0.2, 0.25) is 0 Å². The average molecular weight is 1050 g/mol. The second-order valence-corrected chi connectivity index (χ2v) is 22.2. The predicted octanol–water partition coefficient (Wildman–Crippen LogP) is 16.6. The Hall–Kier alpha value is -5.57. The molecule has 0 aliphatic heterocycles. The van der Waals surface area contributed by atoms with Crippen LogP contribution in [0.5, 0.6) is 5.75 Å². The maximum Gasteiger partial charge on any atom is 0.148 e. The van der Waals surface area contributed by atoms with Gasteiger partial charge in [0.1, 0.15) is 11.6 Å². The third-order valence-corrected chi connectivity index (χ3v) is 12.8.